The summed E-state index contributed by atoms with van der Waals surface area (Å²) in [4.78, 5) is 2.01. The van der Waals surface area contributed by atoms with E-state index in [1.807, 2.05) is 32.8 Å². The predicted molar refractivity (Wildman–Crippen MR) is 70.9 cm³/mol. The summed E-state index contributed by atoms with van der Waals surface area (Å²) in [6.07, 6.45) is -4.53. The van der Waals surface area contributed by atoms with E-state index in [0.717, 1.165) is 12.1 Å². The van der Waals surface area contributed by atoms with E-state index in [0.29, 0.717) is 12.6 Å². The molecule has 0 saturated heterocycles. The molecular weight excluding hydrogens is 272 g/mol. The Hall–Kier alpha value is -1.14. The Morgan fingerprint density at radius 2 is 1.70 bits per heavy atom. The third-order valence-corrected chi connectivity index (χ3v) is 3.38. The minimum atomic E-state index is -4.53. The van der Waals surface area contributed by atoms with Crippen molar-refractivity contribution in [3.8, 4) is 0 Å². The Bertz CT molecular complexity index is 453. The fourth-order valence-corrected chi connectivity index (χ4v) is 1.59. The van der Waals surface area contributed by atoms with Gasteiger partial charge in [0.05, 0.1) is 5.56 Å². The third kappa shape index (κ3) is 4.76. The van der Waals surface area contributed by atoms with E-state index in [-0.39, 0.29) is 17.6 Å². The van der Waals surface area contributed by atoms with Gasteiger partial charge in [-0.05, 0) is 51.7 Å². The molecule has 0 unspecified atom stereocenters. The summed E-state index contributed by atoms with van der Waals surface area (Å²) >= 11 is 0. The molecule has 1 aromatic rings. The van der Waals surface area contributed by atoms with Crippen molar-refractivity contribution < 1.29 is 17.6 Å². The lowest BCUT2D eigenvalue weighted by molar-refractivity contribution is -0.137. The smallest absolute Gasteiger partial charge is 0.311 e. The fourth-order valence-electron chi connectivity index (χ4n) is 1.59. The van der Waals surface area contributed by atoms with E-state index in [1.54, 1.807) is 0 Å². The molecule has 0 fully saturated rings. The Morgan fingerprint density at radius 3 is 2.20 bits per heavy atom. The van der Waals surface area contributed by atoms with E-state index in [9.17, 15) is 17.6 Å². The van der Waals surface area contributed by atoms with Crippen molar-refractivity contribution in [1.82, 2.24) is 10.2 Å². The van der Waals surface area contributed by atoms with Crippen LogP contribution >= 0.6 is 0 Å². The van der Waals surface area contributed by atoms with Gasteiger partial charge in [0.15, 0.2) is 0 Å². The maximum absolute atomic E-state index is 13.2. The molecule has 0 amide bonds. The molecule has 20 heavy (non-hydrogen) atoms. The summed E-state index contributed by atoms with van der Waals surface area (Å²) in [5.74, 6) is -0.872. The van der Waals surface area contributed by atoms with E-state index < -0.39 is 17.6 Å². The number of rotatable bonds is 5. The zero-order valence-electron chi connectivity index (χ0n) is 12.1. The monoisotopic (exact) mass is 292 g/mol. The van der Waals surface area contributed by atoms with Gasteiger partial charge >= 0.3 is 6.18 Å². The van der Waals surface area contributed by atoms with Crippen LogP contribution in [-0.4, -0.2) is 31.1 Å². The van der Waals surface area contributed by atoms with Crippen molar-refractivity contribution in [2.24, 2.45) is 0 Å². The predicted octanol–water partition coefficient (Wildman–Crippen LogP) is 3.27. The summed E-state index contributed by atoms with van der Waals surface area (Å²) in [5, 5.41) is 3.05. The van der Waals surface area contributed by atoms with Crippen LogP contribution in [0.4, 0.5) is 17.6 Å². The van der Waals surface area contributed by atoms with Crippen LogP contribution in [0.2, 0.25) is 0 Å². The second-order valence-corrected chi connectivity index (χ2v) is 5.66. The van der Waals surface area contributed by atoms with Gasteiger partial charge in [0.2, 0.25) is 0 Å². The van der Waals surface area contributed by atoms with Crippen molar-refractivity contribution in [2.75, 3.05) is 20.6 Å². The second kappa shape index (κ2) is 6.10. The first-order valence-electron chi connectivity index (χ1n) is 6.27. The molecule has 0 spiro atoms. The Kier molecular flexibility index (Phi) is 5.15. The molecule has 1 rings (SSSR count). The normalized spacial score (nSPS) is 13.1. The molecule has 0 atom stereocenters. The molecule has 0 aliphatic carbocycles. The maximum atomic E-state index is 13.2. The van der Waals surface area contributed by atoms with Crippen LogP contribution in [0, 0.1) is 5.82 Å². The fraction of sp³-hybridized carbons (Fsp3) is 0.571. The summed E-state index contributed by atoms with van der Waals surface area (Å²) in [6, 6.07) is 2.59. The minimum Gasteiger partial charge on any atom is -0.311 e. The molecule has 1 aromatic carbocycles. The number of benzene rings is 1. The molecule has 0 heterocycles. The second-order valence-electron chi connectivity index (χ2n) is 5.66. The van der Waals surface area contributed by atoms with E-state index in [4.69, 9.17) is 0 Å². The molecule has 0 aliphatic rings. The van der Waals surface area contributed by atoms with Crippen LogP contribution in [0.5, 0.6) is 0 Å². The van der Waals surface area contributed by atoms with Gasteiger partial charge < -0.3 is 10.2 Å². The van der Waals surface area contributed by atoms with Crippen molar-refractivity contribution in [2.45, 2.75) is 32.1 Å². The topological polar surface area (TPSA) is 15.3 Å². The number of likely N-dealkylation sites (N-methyl/N-ethyl adjacent to an activating group) is 1. The quantitative estimate of drug-likeness (QED) is 0.838. The summed E-state index contributed by atoms with van der Waals surface area (Å²) < 4.78 is 50.9. The molecule has 0 aromatic heterocycles. The zero-order chi connectivity index (χ0) is 15.6. The van der Waals surface area contributed by atoms with Gasteiger partial charge in [0.25, 0.3) is 0 Å². The first-order chi connectivity index (χ1) is 9.02. The largest absolute Gasteiger partial charge is 0.416 e. The number of hydrogen-bond donors (Lipinski definition) is 1. The lowest BCUT2D eigenvalue weighted by Gasteiger charge is -2.32. The molecule has 114 valence electrons. The standard InChI is InChI=1S/C14H20F4N2/c1-13(2,20(3)4)9-19-8-10-5-11(14(16,17)18)7-12(15)6-10/h5-7,19H,8-9H2,1-4H3. The maximum Gasteiger partial charge on any atom is 0.416 e. The van der Waals surface area contributed by atoms with Crippen molar-refractivity contribution in [3.63, 3.8) is 0 Å². The third-order valence-electron chi connectivity index (χ3n) is 3.38. The average molecular weight is 292 g/mol. The number of hydrogen-bond acceptors (Lipinski definition) is 2. The summed E-state index contributed by atoms with van der Waals surface area (Å²) in [5.41, 5.74) is -0.812. The van der Waals surface area contributed by atoms with Crippen LogP contribution in [0.1, 0.15) is 25.0 Å². The van der Waals surface area contributed by atoms with Gasteiger partial charge in [-0.2, -0.15) is 13.2 Å². The van der Waals surface area contributed by atoms with Crippen LogP contribution < -0.4 is 5.32 Å². The van der Waals surface area contributed by atoms with Crippen molar-refractivity contribution in [3.05, 3.63) is 35.1 Å². The number of alkyl halides is 3. The first kappa shape index (κ1) is 16.9. The highest BCUT2D eigenvalue weighted by Gasteiger charge is 2.31. The van der Waals surface area contributed by atoms with Gasteiger partial charge in [0, 0.05) is 18.6 Å². The molecule has 0 bridgehead atoms. The molecular formula is C14H20F4N2. The Morgan fingerprint density at radius 1 is 1.10 bits per heavy atom. The van der Waals surface area contributed by atoms with Crippen LogP contribution in [0.3, 0.4) is 0 Å². The molecule has 0 radical (unpaired) electrons. The van der Waals surface area contributed by atoms with Gasteiger partial charge in [-0.1, -0.05) is 0 Å². The van der Waals surface area contributed by atoms with Gasteiger partial charge in [0.1, 0.15) is 5.82 Å². The van der Waals surface area contributed by atoms with Crippen LogP contribution in [0.15, 0.2) is 18.2 Å². The highest BCUT2D eigenvalue weighted by Crippen LogP contribution is 2.30. The van der Waals surface area contributed by atoms with Gasteiger partial charge in [-0.3, -0.25) is 0 Å². The van der Waals surface area contributed by atoms with E-state index >= 15 is 0 Å². The van der Waals surface area contributed by atoms with Crippen LogP contribution in [0.25, 0.3) is 0 Å². The Labute approximate surface area is 116 Å². The zero-order valence-corrected chi connectivity index (χ0v) is 12.1. The van der Waals surface area contributed by atoms with E-state index in [1.165, 1.54) is 0 Å². The average Bonchev–Trinajstić information content (AvgIpc) is 2.26. The summed E-state index contributed by atoms with van der Waals surface area (Å²) in [7, 11) is 3.84. The van der Waals surface area contributed by atoms with E-state index in [2.05, 4.69) is 5.32 Å². The van der Waals surface area contributed by atoms with Crippen LogP contribution in [-0.2, 0) is 12.7 Å². The molecule has 6 heteroatoms. The van der Waals surface area contributed by atoms with Gasteiger partial charge in [-0.25, -0.2) is 4.39 Å². The highest BCUT2D eigenvalue weighted by atomic mass is 19.4. The number of halogens is 4. The lowest BCUT2D eigenvalue weighted by atomic mass is 10.0. The minimum absolute atomic E-state index is 0.139. The lowest BCUT2D eigenvalue weighted by Crippen LogP contribution is -2.46. The molecule has 2 nitrogen and oxygen atoms in total. The molecule has 0 saturated carbocycles. The van der Waals surface area contributed by atoms with Gasteiger partial charge in [-0.15, -0.1) is 0 Å². The Balaban J connectivity index is 2.72. The van der Waals surface area contributed by atoms with Crippen molar-refractivity contribution >= 4 is 0 Å². The SMILES string of the molecule is CN(C)C(C)(C)CNCc1cc(F)cc(C(F)(F)F)c1. The number of nitrogens with zero attached hydrogens (tertiary/aromatic N) is 1. The molecule has 0 aliphatic heterocycles. The number of nitrogens with one attached hydrogen (secondary N) is 1. The molecule has 1 N–H and O–H groups in total. The first-order valence-corrected chi connectivity index (χ1v) is 6.27. The summed E-state index contributed by atoms with van der Waals surface area (Å²) in [6.45, 7) is 4.79. The highest BCUT2D eigenvalue weighted by molar-refractivity contribution is 5.26. The van der Waals surface area contributed by atoms with Crippen molar-refractivity contribution in [1.29, 1.82) is 0 Å².